The highest BCUT2D eigenvalue weighted by Gasteiger charge is 2.10. The number of fused-ring (bicyclic) bond motifs is 1. The van der Waals surface area contributed by atoms with Crippen LogP contribution >= 0.6 is 0 Å². The fraction of sp³-hybridized carbons (Fsp3) is 0.200. The van der Waals surface area contributed by atoms with Crippen LogP contribution in [0.25, 0.3) is 10.9 Å². The van der Waals surface area contributed by atoms with Gasteiger partial charge in [0.05, 0.1) is 16.9 Å². The van der Waals surface area contributed by atoms with Crippen molar-refractivity contribution in [3.8, 4) is 0 Å². The molecule has 1 aromatic carbocycles. The standard InChI is InChI=1S/C15H16N4O/c1-9-12(10(2)20-19-9)8-18-14-6-5-13(16)15-11(14)4-3-7-17-15/h3-7,18H,8,16H2,1-2H3. The van der Waals surface area contributed by atoms with Crippen molar-refractivity contribution < 1.29 is 4.52 Å². The minimum absolute atomic E-state index is 0.662. The summed E-state index contributed by atoms with van der Waals surface area (Å²) in [6, 6.07) is 7.75. The van der Waals surface area contributed by atoms with E-state index in [1.807, 2.05) is 38.1 Å². The highest BCUT2D eigenvalue weighted by molar-refractivity contribution is 5.98. The lowest BCUT2D eigenvalue weighted by Crippen LogP contribution is -2.03. The van der Waals surface area contributed by atoms with Gasteiger partial charge in [-0.2, -0.15) is 0 Å². The van der Waals surface area contributed by atoms with Crippen molar-refractivity contribution in [3.05, 3.63) is 47.5 Å². The number of nitrogens with one attached hydrogen (secondary N) is 1. The lowest BCUT2D eigenvalue weighted by Gasteiger charge is -2.10. The molecule has 0 atom stereocenters. The summed E-state index contributed by atoms with van der Waals surface area (Å²) in [5, 5.41) is 8.37. The molecule has 5 heteroatoms. The van der Waals surface area contributed by atoms with E-state index in [0.717, 1.165) is 33.6 Å². The Morgan fingerprint density at radius 3 is 2.85 bits per heavy atom. The Hall–Kier alpha value is -2.56. The molecule has 0 aliphatic rings. The summed E-state index contributed by atoms with van der Waals surface area (Å²) in [5.41, 5.74) is 10.4. The number of aromatic nitrogens is 2. The summed E-state index contributed by atoms with van der Waals surface area (Å²) in [6.07, 6.45) is 1.75. The molecule has 3 aromatic rings. The number of anilines is 2. The number of nitrogens with two attached hydrogens (primary N) is 1. The molecule has 0 radical (unpaired) electrons. The van der Waals surface area contributed by atoms with E-state index in [9.17, 15) is 0 Å². The minimum Gasteiger partial charge on any atom is -0.397 e. The quantitative estimate of drug-likeness (QED) is 0.714. The molecule has 102 valence electrons. The van der Waals surface area contributed by atoms with Gasteiger partial charge in [0.1, 0.15) is 5.76 Å². The summed E-state index contributed by atoms with van der Waals surface area (Å²) in [6.45, 7) is 4.52. The van der Waals surface area contributed by atoms with Crippen molar-refractivity contribution in [2.75, 3.05) is 11.1 Å². The Morgan fingerprint density at radius 1 is 1.25 bits per heavy atom. The third-order valence-corrected chi connectivity index (χ3v) is 3.44. The maximum Gasteiger partial charge on any atom is 0.138 e. The number of nitrogen functional groups attached to an aromatic ring is 1. The SMILES string of the molecule is Cc1noc(C)c1CNc1ccc(N)c2ncccc12. The average molecular weight is 268 g/mol. The normalized spacial score (nSPS) is 10.9. The van der Waals surface area contributed by atoms with Gasteiger partial charge in [-0.25, -0.2) is 0 Å². The highest BCUT2D eigenvalue weighted by atomic mass is 16.5. The maximum absolute atomic E-state index is 5.95. The predicted octanol–water partition coefficient (Wildman–Crippen LogP) is 3.03. The fourth-order valence-corrected chi connectivity index (χ4v) is 2.29. The zero-order valence-corrected chi connectivity index (χ0v) is 11.5. The van der Waals surface area contributed by atoms with Crippen molar-refractivity contribution >= 4 is 22.3 Å². The van der Waals surface area contributed by atoms with Crippen LogP contribution in [0, 0.1) is 13.8 Å². The van der Waals surface area contributed by atoms with Crippen molar-refractivity contribution in [3.63, 3.8) is 0 Å². The summed E-state index contributed by atoms with van der Waals surface area (Å²) in [5.74, 6) is 0.841. The molecule has 3 rings (SSSR count). The van der Waals surface area contributed by atoms with Gasteiger partial charge in [0.15, 0.2) is 0 Å². The number of hydrogen-bond donors (Lipinski definition) is 2. The molecule has 20 heavy (non-hydrogen) atoms. The zero-order chi connectivity index (χ0) is 14.1. The number of pyridine rings is 1. The van der Waals surface area contributed by atoms with Crippen LogP contribution in [0.1, 0.15) is 17.0 Å². The number of aryl methyl sites for hydroxylation is 2. The molecule has 0 spiro atoms. The van der Waals surface area contributed by atoms with Gasteiger partial charge in [-0.05, 0) is 38.1 Å². The summed E-state index contributed by atoms with van der Waals surface area (Å²) < 4.78 is 5.17. The summed E-state index contributed by atoms with van der Waals surface area (Å²) in [7, 11) is 0. The second kappa shape index (κ2) is 4.85. The van der Waals surface area contributed by atoms with E-state index in [-0.39, 0.29) is 0 Å². The first-order valence-corrected chi connectivity index (χ1v) is 6.45. The van der Waals surface area contributed by atoms with Crippen LogP contribution in [-0.4, -0.2) is 10.1 Å². The molecule has 0 aliphatic heterocycles. The second-order valence-electron chi connectivity index (χ2n) is 4.76. The van der Waals surface area contributed by atoms with Crippen LogP contribution in [0.15, 0.2) is 35.0 Å². The molecule has 0 saturated heterocycles. The average Bonchev–Trinajstić information content (AvgIpc) is 2.78. The molecule has 0 saturated carbocycles. The van der Waals surface area contributed by atoms with Crippen LogP contribution in [0.3, 0.4) is 0 Å². The molecular weight excluding hydrogens is 252 g/mol. The van der Waals surface area contributed by atoms with Crippen molar-refractivity contribution in [1.29, 1.82) is 0 Å². The van der Waals surface area contributed by atoms with E-state index in [2.05, 4.69) is 15.5 Å². The lowest BCUT2D eigenvalue weighted by molar-refractivity contribution is 0.392. The Kier molecular flexibility index (Phi) is 3.02. The molecule has 5 nitrogen and oxygen atoms in total. The molecule has 3 N–H and O–H groups in total. The van der Waals surface area contributed by atoms with Crippen LogP contribution in [0.2, 0.25) is 0 Å². The molecule has 0 aliphatic carbocycles. The first-order chi connectivity index (χ1) is 9.66. The third-order valence-electron chi connectivity index (χ3n) is 3.44. The molecule has 0 fully saturated rings. The van der Waals surface area contributed by atoms with Gasteiger partial charge in [-0.1, -0.05) is 5.16 Å². The third kappa shape index (κ3) is 2.07. The number of nitrogens with zero attached hydrogens (tertiary/aromatic N) is 2. The zero-order valence-electron chi connectivity index (χ0n) is 11.5. The van der Waals surface area contributed by atoms with Crippen molar-refractivity contribution in [2.45, 2.75) is 20.4 Å². The molecular formula is C15H16N4O. The Balaban J connectivity index is 1.94. The molecule has 2 heterocycles. The largest absolute Gasteiger partial charge is 0.397 e. The van der Waals surface area contributed by atoms with Crippen LogP contribution in [0.5, 0.6) is 0 Å². The monoisotopic (exact) mass is 268 g/mol. The van der Waals surface area contributed by atoms with Crippen molar-refractivity contribution in [1.82, 2.24) is 10.1 Å². The van der Waals surface area contributed by atoms with Gasteiger partial charge in [-0.3, -0.25) is 4.98 Å². The van der Waals surface area contributed by atoms with Crippen LogP contribution in [0.4, 0.5) is 11.4 Å². The van der Waals surface area contributed by atoms with Gasteiger partial charge in [0.2, 0.25) is 0 Å². The second-order valence-corrected chi connectivity index (χ2v) is 4.76. The number of rotatable bonds is 3. The van der Waals surface area contributed by atoms with Gasteiger partial charge >= 0.3 is 0 Å². The molecule has 0 amide bonds. The van der Waals surface area contributed by atoms with E-state index in [4.69, 9.17) is 10.3 Å². The first-order valence-electron chi connectivity index (χ1n) is 6.45. The van der Waals surface area contributed by atoms with E-state index < -0.39 is 0 Å². The number of benzene rings is 1. The molecule has 2 aromatic heterocycles. The van der Waals surface area contributed by atoms with E-state index in [1.54, 1.807) is 6.20 Å². The molecule has 0 unspecified atom stereocenters. The predicted molar refractivity (Wildman–Crippen MR) is 79.5 cm³/mol. The smallest absolute Gasteiger partial charge is 0.138 e. The fourth-order valence-electron chi connectivity index (χ4n) is 2.29. The maximum atomic E-state index is 5.95. The van der Waals surface area contributed by atoms with Gasteiger partial charge in [0.25, 0.3) is 0 Å². The Morgan fingerprint density at radius 2 is 2.10 bits per heavy atom. The van der Waals surface area contributed by atoms with Crippen LogP contribution in [-0.2, 0) is 6.54 Å². The van der Waals surface area contributed by atoms with E-state index >= 15 is 0 Å². The summed E-state index contributed by atoms with van der Waals surface area (Å²) in [4.78, 5) is 4.33. The van der Waals surface area contributed by atoms with Crippen molar-refractivity contribution in [2.24, 2.45) is 0 Å². The topological polar surface area (TPSA) is 77.0 Å². The lowest BCUT2D eigenvalue weighted by atomic mass is 10.1. The van der Waals surface area contributed by atoms with E-state index in [0.29, 0.717) is 12.2 Å². The van der Waals surface area contributed by atoms with Gasteiger partial charge in [-0.15, -0.1) is 0 Å². The highest BCUT2D eigenvalue weighted by Crippen LogP contribution is 2.27. The van der Waals surface area contributed by atoms with Gasteiger partial charge < -0.3 is 15.6 Å². The van der Waals surface area contributed by atoms with Gasteiger partial charge in [0, 0.05) is 29.4 Å². The first kappa shape index (κ1) is 12.5. The Labute approximate surface area is 116 Å². The van der Waals surface area contributed by atoms with Crippen LogP contribution < -0.4 is 11.1 Å². The molecule has 0 bridgehead atoms. The Bertz CT molecular complexity index is 744. The van der Waals surface area contributed by atoms with E-state index in [1.165, 1.54) is 0 Å². The minimum atomic E-state index is 0.662. The summed E-state index contributed by atoms with van der Waals surface area (Å²) >= 11 is 0. The number of hydrogen-bond acceptors (Lipinski definition) is 5.